The van der Waals surface area contributed by atoms with Gasteiger partial charge < -0.3 is 14.4 Å². The van der Waals surface area contributed by atoms with Crippen LogP contribution in [0.1, 0.15) is 10.4 Å². The molecule has 0 saturated carbocycles. The molecule has 0 unspecified atom stereocenters. The SMILES string of the molecule is COc1ccc(Cl)cc1C(=O)N1CC(CN2C(=O)COC2=O)C1. The smallest absolute Gasteiger partial charge is 0.417 e. The molecule has 2 saturated heterocycles. The summed E-state index contributed by atoms with van der Waals surface area (Å²) in [6.07, 6.45) is -0.615. The summed E-state index contributed by atoms with van der Waals surface area (Å²) < 4.78 is 9.84. The number of benzene rings is 1. The van der Waals surface area contributed by atoms with Gasteiger partial charge in [-0.1, -0.05) is 11.6 Å². The minimum Gasteiger partial charge on any atom is -0.496 e. The first kappa shape index (κ1) is 15.6. The number of hydrogen-bond acceptors (Lipinski definition) is 5. The van der Waals surface area contributed by atoms with Gasteiger partial charge in [0.15, 0.2) is 6.61 Å². The summed E-state index contributed by atoms with van der Waals surface area (Å²) in [6, 6.07) is 4.86. The lowest BCUT2D eigenvalue weighted by atomic mass is 9.98. The van der Waals surface area contributed by atoms with E-state index in [0.717, 1.165) is 4.90 Å². The van der Waals surface area contributed by atoms with Crippen LogP contribution in [0.3, 0.4) is 0 Å². The van der Waals surface area contributed by atoms with E-state index >= 15 is 0 Å². The van der Waals surface area contributed by atoms with Crippen molar-refractivity contribution in [1.82, 2.24) is 9.80 Å². The molecule has 2 aliphatic heterocycles. The average molecular weight is 339 g/mol. The summed E-state index contributed by atoms with van der Waals surface area (Å²) >= 11 is 5.94. The van der Waals surface area contributed by atoms with Gasteiger partial charge in [-0.05, 0) is 18.2 Å². The van der Waals surface area contributed by atoms with Gasteiger partial charge in [-0.15, -0.1) is 0 Å². The highest BCUT2D eigenvalue weighted by Gasteiger charge is 2.38. The molecule has 0 spiro atoms. The molecule has 0 bridgehead atoms. The van der Waals surface area contributed by atoms with Gasteiger partial charge in [-0.2, -0.15) is 0 Å². The molecule has 1 aromatic rings. The minimum absolute atomic E-state index is 0.0544. The van der Waals surface area contributed by atoms with Gasteiger partial charge in [0.2, 0.25) is 0 Å². The number of nitrogens with zero attached hydrogens (tertiary/aromatic N) is 2. The summed E-state index contributed by atoms with van der Waals surface area (Å²) in [7, 11) is 1.49. The molecule has 0 radical (unpaired) electrons. The first-order valence-corrected chi connectivity index (χ1v) is 7.47. The van der Waals surface area contributed by atoms with Gasteiger partial charge in [0.25, 0.3) is 11.8 Å². The van der Waals surface area contributed by atoms with E-state index in [1.54, 1.807) is 23.1 Å². The Balaban J connectivity index is 1.61. The minimum atomic E-state index is -0.615. The van der Waals surface area contributed by atoms with E-state index in [1.165, 1.54) is 7.11 Å². The van der Waals surface area contributed by atoms with Crippen molar-refractivity contribution in [3.63, 3.8) is 0 Å². The van der Waals surface area contributed by atoms with Crippen LogP contribution in [-0.2, 0) is 9.53 Å². The molecular weight excluding hydrogens is 324 g/mol. The van der Waals surface area contributed by atoms with Crippen molar-refractivity contribution in [1.29, 1.82) is 0 Å². The number of methoxy groups -OCH3 is 1. The number of imide groups is 1. The van der Waals surface area contributed by atoms with Crippen LogP contribution in [-0.4, -0.2) is 61.1 Å². The van der Waals surface area contributed by atoms with E-state index in [2.05, 4.69) is 4.74 Å². The zero-order valence-electron chi connectivity index (χ0n) is 12.5. The van der Waals surface area contributed by atoms with Crippen molar-refractivity contribution in [3.05, 3.63) is 28.8 Å². The quantitative estimate of drug-likeness (QED) is 0.829. The molecule has 2 fully saturated rings. The molecule has 2 aliphatic rings. The normalized spacial score (nSPS) is 18.0. The van der Waals surface area contributed by atoms with Gasteiger partial charge in [0.1, 0.15) is 5.75 Å². The third-order valence-corrected chi connectivity index (χ3v) is 4.15. The van der Waals surface area contributed by atoms with Gasteiger partial charge in [-0.25, -0.2) is 9.69 Å². The van der Waals surface area contributed by atoms with Crippen molar-refractivity contribution >= 4 is 29.5 Å². The lowest BCUT2D eigenvalue weighted by Gasteiger charge is -2.40. The van der Waals surface area contributed by atoms with Crippen LogP contribution in [0.5, 0.6) is 5.75 Å². The maximum absolute atomic E-state index is 12.5. The maximum atomic E-state index is 12.5. The second-order valence-electron chi connectivity index (χ2n) is 5.48. The van der Waals surface area contributed by atoms with E-state index in [9.17, 15) is 14.4 Å². The van der Waals surface area contributed by atoms with Crippen molar-refractivity contribution in [2.45, 2.75) is 0 Å². The van der Waals surface area contributed by atoms with Crippen LogP contribution in [0.25, 0.3) is 0 Å². The fourth-order valence-electron chi connectivity index (χ4n) is 2.68. The van der Waals surface area contributed by atoms with Crippen molar-refractivity contribution in [2.24, 2.45) is 5.92 Å². The van der Waals surface area contributed by atoms with Gasteiger partial charge in [0.05, 0.1) is 12.7 Å². The van der Waals surface area contributed by atoms with Crippen LogP contribution in [0, 0.1) is 5.92 Å². The van der Waals surface area contributed by atoms with E-state index in [1.807, 2.05) is 0 Å². The Labute approximate surface area is 137 Å². The molecule has 0 atom stereocenters. The summed E-state index contributed by atoms with van der Waals surface area (Å²) in [4.78, 5) is 38.1. The molecule has 1 aromatic carbocycles. The predicted octanol–water partition coefficient (Wildman–Crippen LogP) is 1.40. The Morgan fingerprint density at radius 2 is 2.13 bits per heavy atom. The van der Waals surface area contributed by atoms with Crippen molar-refractivity contribution in [2.75, 3.05) is 33.4 Å². The second kappa shape index (κ2) is 6.08. The molecule has 0 aliphatic carbocycles. The Morgan fingerprint density at radius 1 is 1.39 bits per heavy atom. The molecule has 0 N–H and O–H groups in total. The van der Waals surface area contributed by atoms with Crippen LogP contribution >= 0.6 is 11.6 Å². The first-order valence-electron chi connectivity index (χ1n) is 7.09. The Morgan fingerprint density at radius 3 is 2.74 bits per heavy atom. The molecule has 122 valence electrons. The van der Waals surface area contributed by atoms with Gasteiger partial charge in [-0.3, -0.25) is 9.59 Å². The van der Waals surface area contributed by atoms with Crippen molar-refractivity contribution < 1.29 is 23.9 Å². The summed E-state index contributed by atoms with van der Waals surface area (Å²) in [6.45, 7) is 0.999. The fraction of sp³-hybridized carbons (Fsp3) is 0.400. The fourth-order valence-corrected chi connectivity index (χ4v) is 2.86. The Hall–Kier alpha value is -2.28. The Kier molecular flexibility index (Phi) is 4.12. The highest BCUT2D eigenvalue weighted by atomic mass is 35.5. The number of cyclic esters (lactones) is 1. The zero-order valence-corrected chi connectivity index (χ0v) is 13.2. The predicted molar refractivity (Wildman–Crippen MR) is 80.5 cm³/mol. The second-order valence-corrected chi connectivity index (χ2v) is 5.92. The molecule has 2 heterocycles. The summed E-state index contributed by atoms with van der Waals surface area (Å²) in [5.74, 6) is -0.00732. The lowest BCUT2D eigenvalue weighted by molar-refractivity contribution is -0.126. The molecule has 7 nitrogen and oxygen atoms in total. The first-order chi connectivity index (χ1) is 11.0. The van der Waals surface area contributed by atoms with E-state index < -0.39 is 6.09 Å². The largest absolute Gasteiger partial charge is 0.496 e. The van der Waals surface area contributed by atoms with E-state index in [-0.39, 0.29) is 30.9 Å². The van der Waals surface area contributed by atoms with E-state index in [4.69, 9.17) is 16.3 Å². The summed E-state index contributed by atoms with van der Waals surface area (Å²) in [5, 5.41) is 0.455. The van der Waals surface area contributed by atoms with Crippen LogP contribution in [0.15, 0.2) is 18.2 Å². The summed E-state index contributed by atoms with van der Waals surface area (Å²) in [5.41, 5.74) is 0.398. The molecule has 8 heteroatoms. The maximum Gasteiger partial charge on any atom is 0.417 e. The number of amides is 3. The van der Waals surface area contributed by atoms with Gasteiger partial charge in [0, 0.05) is 30.6 Å². The number of likely N-dealkylation sites (tertiary alicyclic amines) is 1. The molecule has 0 aromatic heterocycles. The number of hydrogen-bond donors (Lipinski definition) is 0. The molecule has 3 amide bonds. The lowest BCUT2D eigenvalue weighted by Crippen LogP contribution is -2.54. The number of ether oxygens (including phenoxy) is 2. The number of rotatable bonds is 4. The van der Waals surface area contributed by atoms with E-state index in [0.29, 0.717) is 29.4 Å². The van der Waals surface area contributed by atoms with Crippen LogP contribution < -0.4 is 4.74 Å². The number of carbonyl (C=O) groups is 3. The highest BCUT2D eigenvalue weighted by molar-refractivity contribution is 6.31. The van der Waals surface area contributed by atoms with Crippen molar-refractivity contribution in [3.8, 4) is 5.75 Å². The number of carbonyl (C=O) groups excluding carboxylic acids is 3. The molecule has 23 heavy (non-hydrogen) atoms. The molecule has 3 rings (SSSR count). The van der Waals surface area contributed by atoms with Crippen LogP contribution in [0.2, 0.25) is 5.02 Å². The third kappa shape index (κ3) is 2.96. The standard InChI is InChI=1S/C15H15ClN2O5/c1-22-12-3-2-10(16)4-11(12)14(20)17-5-9(6-17)7-18-13(19)8-23-15(18)21/h2-4,9H,5-8H2,1H3. The molecular formula is C15H15ClN2O5. The number of halogens is 1. The van der Waals surface area contributed by atoms with Crippen LogP contribution in [0.4, 0.5) is 4.79 Å². The zero-order chi connectivity index (χ0) is 16.6. The van der Waals surface area contributed by atoms with Gasteiger partial charge >= 0.3 is 6.09 Å². The Bertz CT molecular complexity index is 656. The third-order valence-electron chi connectivity index (χ3n) is 3.92. The monoisotopic (exact) mass is 338 g/mol. The average Bonchev–Trinajstić information content (AvgIpc) is 2.81. The highest BCUT2D eigenvalue weighted by Crippen LogP contribution is 2.27. The topological polar surface area (TPSA) is 76.2 Å².